The molecule has 0 saturated carbocycles. The summed E-state index contributed by atoms with van der Waals surface area (Å²) in [4.78, 5) is 3.83. The smallest absolute Gasteiger partial charge is 0.387 e. The third-order valence-electron chi connectivity index (χ3n) is 1.48. The number of benzene rings is 1. The Balaban J connectivity index is 2.96. The van der Waals surface area contributed by atoms with Gasteiger partial charge in [-0.2, -0.15) is 8.78 Å². The molecule has 0 unspecified atom stereocenters. The second kappa shape index (κ2) is 5.50. The first kappa shape index (κ1) is 11.7. The van der Waals surface area contributed by atoms with E-state index in [9.17, 15) is 8.78 Å². The molecule has 0 bridgehead atoms. The number of amidine groups is 1. The van der Waals surface area contributed by atoms with Crippen LogP contribution in [0.2, 0.25) is 0 Å². The summed E-state index contributed by atoms with van der Waals surface area (Å²) in [5.41, 5.74) is 5.61. The summed E-state index contributed by atoms with van der Waals surface area (Å²) in [5.74, 6) is 0.144. The zero-order valence-electron chi connectivity index (χ0n) is 7.66. The molecule has 0 aliphatic carbocycles. The Morgan fingerprint density at radius 2 is 2.13 bits per heavy atom. The van der Waals surface area contributed by atoms with Gasteiger partial charge in [-0.1, -0.05) is 12.1 Å². The van der Waals surface area contributed by atoms with E-state index in [2.05, 4.69) is 9.73 Å². The van der Waals surface area contributed by atoms with Crippen molar-refractivity contribution in [2.75, 3.05) is 5.88 Å². The maximum atomic E-state index is 12.0. The summed E-state index contributed by atoms with van der Waals surface area (Å²) in [6.07, 6.45) is 0. The third kappa shape index (κ3) is 3.71. The molecule has 3 nitrogen and oxygen atoms in total. The van der Waals surface area contributed by atoms with Crippen LogP contribution in [0.4, 0.5) is 14.5 Å². The van der Waals surface area contributed by atoms with E-state index in [4.69, 9.17) is 17.3 Å². The third-order valence-corrected chi connectivity index (χ3v) is 1.76. The van der Waals surface area contributed by atoms with Gasteiger partial charge < -0.3 is 10.5 Å². The van der Waals surface area contributed by atoms with Crippen LogP contribution in [0.5, 0.6) is 5.75 Å². The second-order valence-electron chi connectivity index (χ2n) is 2.58. The van der Waals surface area contributed by atoms with Crippen LogP contribution in [0.15, 0.2) is 29.3 Å². The predicted molar refractivity (Wildman–Crippen MR) is 55.1 cm³/mol. The lowest BCUT2D eigenvalue weighted by molar-refractivity contribution is -0.0494. The standard InChI is InChI=1S/C9H9ClF2N2O/c10-5-8(13)14-6-3-1-2-4-7(6)15-9(11)12/h1-4,9H,5H2,(H2,13,14). The average Bonchev–Trinajstić information content (AvgIpc) is 2.20. The fourth-order valence-corrected chi connectivity index (χ4v) is 0.990. The largest absolute Gasteiger partial charge is 0.433 e. The van der Waals surface area contributed by atoms with E-state index < -0.39 is 6.61 Å². The molecule has 1 rings (SSSR count). The number of aliphatic imine (C=N–C) groups is 1. The lowest BCUT2D eigenvalue weighted by Gasteiger charge is -2.07. The number of ether oxygens (including phenoxy) is 1. The van der Waals surface area contributed by atoms with Gasteiger partial charge in [0.25, 0.3) is 0 Å². The quantitative estimate of drug-likeness (QED) is 0.494. The fourth-order valence-electron chi connectivity index (χ4n) is 0.930. The molecule has 0 radical (unpaired) electrons. The molecule has 15 heavy (non-hydrogen) atoms. The van der Waals surface area contributed by atoms with Crippen LogP contribution in [-0.4, -0.2) is 18.3 Å². The summed E-state index contributed by atoms with van der Waals surface area (Å²) in [5, 5.41) is 0. The van der Waals surface area contributed by atoms with Crippen LogP contribution in [0.3, 0.4) is 0 Å². The molecule has 0 saturated heterocycles. The van der Waals surface area contributed by atoms with Crippen LogP contribution in [-0.2, 0) is 0 Å². The van der Waals surface area contributed by atoms with Crippen molar-refractivity contribution in [3.05, 3.63) is 24.3 Å². The second-order valence-corrected chi connectivity index (χ2v) is 2.85. The Bertz CT molecular complexity index is 358. The summed E-state index contributed by atoms with van der Waals surface area (Å²) in [6.45, 7) is -2.89. The van der Waals surface area contributed by atoms with Gasteiger partial charge in [-0.05, 0) is 12.1 Å². The zero-order valence-corrected chi connectivity index (χ0v) is 8.42. The number of nitrogens with zero attached hydrogens (tertiary/aromatic N) is 1. The van der Waals surface area contributed by atoms with E-state index in [1.54, 1.807) is 12.1 Å². The van der Waals surface area contributed by atoms with Crippen LogP contribution >= 0.6 is 11.6 Å². The van der Waals surface area contributed by atoms with Crippen LogP contribution < -0.4 is 10.5 Å². The molecule has 0 amide bonds. The van der Waals surface area contributed by atoms with Crippen molar-refractivity contribution in [1.29, 1.82) is 0 Å². The Morgan fingerprint density at radius 1 is 1.47 bits per heavy atom. The first-order valence-corrected chi connectivity index (χ1v) is 4.59. The first-order valence-electron chi connectivity index (χ1n) is 4.06. The van der Waals surface area contributed by atoms with Crippen LogP contribution in [0.1, 0.15) is 0 Å². The minimum absolute atomic E-state index is 0.0273. The monoisotopic (exact) mass is 234 g/mol. The van der Waals surface area contributed by atoms with Gasteiger partial charge in [-0.3, -0.25) is 0 Å². The highest BCUT2D eigenvalue weighted by atomic mass is 35.5. The average molecular weight is 235 g/mol. The van der Waals surface area contributed by atoms with Crippen molar-refractivity contribution in [3.63, 3.8) is 0 Å². The van der Waals surface area contributed by atoms with Crippen molar-refractivity contribution >= 4 is 23.1 Å². The molecule has 0 aliphatic heterocycles. The summed E-state index contributed by atoms with van der Waals surface area (Å²) >= 11 is 5.42. The maximum absolute atomic E-state index is 12.0. The summed E-state index contributed by atoms with van der Waals surface area (Å²) < 4.78 is 28.2. The molecule has 1 aromatic rings. The van der Waals surface area contributed by atoms with Gasteiger partial charge in [-0.25, -0.2) is 4.99 Å². The highest BCUT2D eigenvalue weighted by Crippen LogP contribution is 2.28. The minimum Gasteiger partial charge on any atom is -0.433 e. The zero-order chi connectivity index (χ0) is 11.3. The van der Waals surface area contributed by atoms with Crippen molar-refractivity contribution in [1.82, 2.24) is 0 Å². The van der Waals surface area contributed by atoms with Gasteiger partial charge in [0, 0.05) is 0 Å². The van der Waals surface area contributed by atoms with Crippen LogP contribution in [0.25, 0.3) is 0 Å². The van der Waals surface area contributed by atoms with E-state index in [-0.39, 0.29) is 23.2 Å². The Kier molecular flexibility index (Phi) is 4.30. The topological polar surface area (TPSA) is 47.6 Å². The van der Waals surface area contributed by atoms with Gasteiger partial charge in [0.1, 0.15) is 11.5 Å². The highest BCUT2D eigenvalue weighted by Gasteiger charge is 2.08. The van der Waals surface area contributed by atoms with Gasteiger partial charge in [-0.15, -0.1) is 11.6 Å². The molecule has 82 valence electrons. The van der Waals surface area contributed by atoms with Gasteiger partial charge in [0.05, 0.1) is 5.88 Å². The van der Waals surface area contributed by atoms with Crippen LogP contribution in [0, 0.1) is 0 Å². The first-order chi connectivity index (χ1) is 7.13. The molecule has 1 aromatic carbocycles. The molecule has 0 atom stereocenters. The van der Waals surface area contributed by atoms with E-state index in [1.165, 1.54) is 12.1 Å². The number of halogens is 3. The van der Waals surface area contributed by atoms with Gasteiger partial charge in [0.15, 0.2) is 5.75 Å². The number of rotatable bonds is 4. The molecule has 2 N–H and O–H groups in total. The Labute approximate surface area is 90.5 Å². The molecule has 0 spiro atoms. The van der Waals surface area contributed by atoms with Gasteiger partial charge >= 0.3 is 6.61 Å². The van der Waals surface area contributed by atoms with Crippen molar-refractivity contribution in [3.8, 4) is 5.75 Å². The molecule has 0 aromatic heterocycles. The Hall–Kier alpha value is -1.36. The fraction of sp³-hybridized carbons (Fsp3) is 0.222. The lowest BCUT2D eigenvalue weighted by atomic mass is 10.3. The normalized spacial score (nSPS) is 11.9. The predicted octanol–water partition coefficient (Wildman–Crippen LogP) is 2.52. The summed E-state index contributed by atoms with van der Waals surface area (Å²) in [6, 6.07) is 6.09. The van der Waals surface area contributed by atoms with E-state index in [0.29, 0.717) is 0 Å². The molecule has 0 fully saturated rings. The molecular weight excluding hydrogens is 226 g/mol. The molecule has 0 heterocycles. The molecular formula is C9H9ClF2N2O. The highest BCUT2D eigenvalue weighted by molar-refractivity contribution is 6.28. The minimum atomic E-state index is -2.89. The maximum Gasteiger partial charge on any atom is 0.387 e. The van der Waals surface area contributed by atoms with Crippen molar-refractivity contribution in [2.24, 2.45) is 10.7 Å². The van der Waals surface area contributed by atoms with Gasteiger partial charge in [0.2, 0.25) is 0 Å². The number of alkyl halides is 3. The Morgan fingerprint density at radius 3 is 2.73 bits per heavy atom. The SMILES string of the molecule is NC(CCl)=Nc1ccccc1OC(F)F. The van der Waals surface area contributed by atoms with E-state index in [1.807, 2.05) is 0 Å². The molecule has 6 heteroatoms. The van der Waals surface area contributed by atoms with Crippen molar-refractivity contribution < 1.29 is 13.5 Å². The van der Waals surface area contributed by atoms with E-state index >= 15 is 0 Å². The summed E-state index contributed by atoms with van der Waals surface area (Å²) in [7, 11) is 0. The lowest BCUT2D eigenvalue weighted by Crippen LogP contribution is -2.12. The van der Waals surface area contributed by atoms with E-state index in [0.717, 1.165) is 0 Å². The number of nitrogens with two attached hydrogens (primary N) is 1. The molecule has 0 aliphatic rings. The number of hydrogen-bond donors (Lipinski definition) is 1. The van der Waals surface area contributed by atoms with Crippen molar-refractivity contribution in [2.45, 2.75) is 6.61 Å². The number of para-hydroxylation sites is 2. The number of hydrogen-bond acceptors (Lipinski definition) is 2.